The van der Waals surface area contributed by atoms with Gasteiger partial charge in [-0.3, -0.25) is 34.2 Å². The molecule has 1 unspecified atom stereocenters. The van der Waals surface area contributed by atoms with E-state index in [1.165, 1.54) is 4.68 Å². The van der Waals surface area contributed by atoms with Gasteiger partial charge in [-0.2, -0.15) is 5.10 Å². The average molecular weight is 701 g/mol. The molecular weight excluding hydrogens is 660 g/mol. The zero-order chi connectivity index (χ0) is 35.1. The van der Waals surface area contributed by atoms with Gasteiger partial charge < -0.3 is 20.0 Å². The molecule has 0 spiro atoms. The summed E-state index contributed by atoms with van der Waals surface area (Å²) in [5.41, 5.74) is 4.61. The Labute approximate surface area is 295 Å². The first-order valence-corrected chi connectivity index (χ1v) is 17.5. The molecule has 3 saturated heterocycles. The molecule has 3 fully saturated rings. The van der Waals surface area contributed by atoms with Crippen molar-refractivity contribution >= 4 is 40.9 Å². The molecule has 14 heteroatoms. The first kappa shape index (κ1) is 33.9. The molecule has 3 atom stereocenters. The summed E-state index contributed by atoms with van der Waals surface area (Å²) in [5.74, 6) is -0.611. The lowest BCUT2D eigenvalue weighted by Crippen LogP contribution is -2.52. The van der Waals surface area contributed by atoms with Gasteiger partial charge in [-0.05, 0) is 60.7 Å². The second-order valence-electron chi connectivity index (χ2n) is 13.9. The standard InChI is InChI=1S/C36H41ClN8O5/c1-41-19-25(16-27(21-41)39-29-17-38-42(2)36(50)32(29)37)23-4-6-24(7-5-23)34(48)44-13-11-43(12-14-44)18-22-3-8-28-26(15-22)20-45(35(28)49)30-9-10-31(46)40-33(30)47/h3-8,15,17,25,27,30,39H,9-14,16,18-21H2,1-2H3,(H,40,46,47)/t25-,27+,30?/m0/s1. The highest BCUT2D eigenvalue weighted by molar-refractivity contribution is 6.32. The van der Waals surface area contributed by atoms with Crippen LogP contribution in [0, 0.1) is 0 Å². The maximum Gasteiger partial charge on any atom is 0.287 e. The van der Waals surface area contributed by atoms with Crippen LogP contribution >= 0.6 is 11.6 Å². The first-order valence-electron chi connectivity index (χ1n) is 17.1. The van der Waals surface area contributed by atoms with Crippen LogP contribution in [0.2, 0.25) is 5.02 Å². The van der Waals surface area contributed by atoms with E-state index in [1.807, 2.05) is 35.2 Å². The quantitative estimate of drug-likeness (QED) is 0.355. The molecule has 0 bridgehead atoms. The SMILES string of the molecule is CN1C[C@H](Nc2cnn(C)c(=O)c2Cl)C[C@H](c2ccc(C(=O)N3CCN(Cc4ccc5c(c4)CN(C4CCC(=O)NC4=O)C5=O)CC3)cc2)C1. The smallest absolute Gasteiger partial charge is 0.287 e. The van der Waals surface area contributed by atoms with Gasteiger partial charge in [0, 0.05) is 83.0 Å². The third kappa shape index (κ3) is 6.90. The molecule has 0 aliphatic carbocycles. The van der Waals surface area contributed by atoms with Crippen LogP contribution < -0.4 is 16.2 Å². The molecule has 3 aromatic rings. The average Bonchev–Trinajstić information content (AvgIpc) is 3.43. The highest BCUT2D eigenvalue weighted by atomic mass is 35.5. The van der Waals surface area contributed by atoms with Gasteiger partial charge in [-0.1, -0.05) is 35.9 Å². The van der Waals surface area contributed by atoms with Gasteiger partial charge in [0.1, 0.15) is 11.1 Å². The van der Waals surface area contributed by atoms with E-state index in [9.17, 15) is 24.0 Å². The van der Waals surface area contributed by atoms with Crippen LogP contribution in [0.3, 0.4) is 0 Å². The van der Waals surface area contributed by atoms with Crippen molar-refractivity contribution in [1.82, 2.24) is 34.7 Å². The van der Waals surface area contributed by atoms with E-state index in [0.29, 0.717) is 49.4 Å². The number of nitrogens with zero attached hydrogens (tertiary/aromatic N) is 6. The van der Waals surface area contributed by atoms with Crippen molar-refractivity contribution in [2.45, 2.75) is 50.4 Å². The Kier molecular flexibility index (Phi) is 9.46. The second kappa shape index (κ2) is 14.0. The number of likely N-dealkylation sites (N-methyl/N-ethyl adjacent to an activating group) is 1. The number of benzene rings is 2. The molecular formula is C36H41ClN8O5. The minimum atomic E-state index is -0.627. The largest absolute Gasteiger partial charge is 0.378 e. The van der Waals surface area contributed by atoms with Crippen molar-refractivity contribution in [3.05, 3.63) is 91.9 Å². The number of hydrogen-bond donors (Lipinski definition) is 2. The number of rotatable bonds is 7. The number of piperidine rings is 2. The van der Waals surface area contributed by atoms with Gasteiger partial charge in [0.05, 0.1) is 11.9 Å². The Balaban J connectivity index is 0.916. The van der Waals surface area contributed by atoms with Gasteiger partial charge in [0.15, 0.2) is 0 Å². The van der Waals surface area contributed by atoms with Gasteiger partial charge in [0.25, 0.3) is 17.4 Å². The molecule has 4 amide bonds. The molecule has 1 aromatic heterocycles. The number of halogens is 1. The molecule has 0 saturated carbocycles. The number of likely N-dealkylation sites (tertiary alicyclic amines) is 1. The lowest BCUT2D eigenvalue weighted by Gasteiger charge is -2.37. The van der Waals surface area contributed by atoms with Crippen LogP contribution in [-0.2, 0) is 29.7 Å². The molecule has 0 radical (unpaired) electrons. The molecule has 2 N–H and O–H groups in total. The Morgan fingerprint density at radius 1 is 1.00 bits per heavy atom. The third-order valence-electron chi connectivity index (χ3n) is 10.4. The Hall–Kier alpha value is -4.59. The van der Waals surface area contributed by atoms with Crippen LogP contribution in [0.15, 0.2) is 53.5 Å². The number of aryl methyl sites for hydroxylation is 1. The minimum absolute atomic E-state index is 0.0221. The zero-order valence-electron chi connectivity index (χ0n) is 28.2. The van der Waals surface area contributed by atoms with E-state index >= 15 is 0 Å². The van der Waals surface area contributed by atoms with E-state index in [2.05, 4.69) is 44.7 Å². The molecule has 50 heavy (non-hydrogen) atoms. The van der Waals surface area contributed by atoms with E-state index in [1.54, 1.807) is 18.1 Å². The molecule has 4 aliphatic heterocycles. The lowest BCUT2D eigenvalue weighted by atomic mass is 9.87. The van der Waals surface area contributed by atoms with Crippen LogP contribution in [0.5, 0.6) is 0 Å². The Morgan fingerprint density at radius 3 is 2.50 bits per heavy atom. The first-order chi connectivity index (χ1) is 24.0. The van der Waals surface area contributed by atoms with E-state index in [0.717, 1.165) is 49.3 Å². The highest BCUT2D eigenvalue weighted by Crippen LogP contribution is 2.31. The summed E-state index contributed by atoms with van der Waals surface area (Å²) in [6, 6.07) is 13.2. The summed E-state index contributed by atoms with van der Waals surface area (Å²) >= 11 is 6.30. The molecule has 7 rings (SSSR count). The van der Waals surface area contributed by atoms with E-state index in [4.69, 9.17) is 11.6 Å². The predicted octanol–water partition coefficient (Wildman–Crippen LogP) is 2.05. The van der Waals surface area contributed by atoms with Crippen molar-refractivity contribution in [2.24, 2.45) is 7.05 Å². The number of anilines is 1. The summed E-state index contributed by atoms with van der Waals surface area (Å²) < 4.78 is 1.22. The summed E-state index contributed by atoms with van der Waals surface area (Å²) in [6.07, 6.45) is 3.01. The number of nitrogens with one attached hydrogen (secondary N) is 2. The summed E-state index contributed by atoms with van der Waals surface area (Å²) in [7, 11) is 3.65. The molecule has 5 heterocycles. The van der Waals surface area contributed by atoms with Crippen LogP contribution in [-0.4, -0.2) is 111 Å². The van der Waals surface area contributed by atoms with Crippen molar-refractivity contribution < 1.29 is 19.2 Å². The summed E-state index contributed by atoms with van der Waals surface area (Å²) in [5, 5.41) is 10.00. The van der Waals surface area contributed by atoms with Crippen molar-refractivity contribution in [3.8, 4) is 0 Å². The number of carbonyl (C=O) groups excluding carboxylic acids is 4. The molecule has 4 aliphatic rings. The number of fused-ring (bicyclic) bond motifs is 1. The fourth-order valence-electron chi connectivity index (χ4n) is 7.67. The fraction of sp³-hybridized carbons (Fsp3) is 0.444. The number of carbonyl (C=O) groups is 4. The van der Waals surface area contributed by atoms with E-state index < -0.39 is 11.9 Å². The minimum Gasteiger partial charge on any atom is -0.378 e. The maximum atomic E-state index is 13.5. The Morgan fingerprint density at radius 2 is 1.76 bits per heavy atom. The zero-order valence-corrected chi connectivity index (χ0v) is 29.0. The normalized spacial score (nSPS) is 23.2. The fourth-order valence-corrected chi connectivity index (χ4v) is 7.90. The third-order valence-corrected chi connectivity index (χ3v) is 10.7. The van der Waals surface area contributed by atoms with Gasteiger partial charge in [0.2, 0.25) is 11.8 Å². The topological polar surface area (TPSA) is 140 Å². The Bertz CT molecular complexity index is 1890. The van der Waals surface area contributed by atoms with Crippen molar-refractivity contribution in [2.75, 3.05) is 51.6 Å². The molecule has 262 valence electrons. The van der Waals surface area contributed by atoms with Crippen LogP contribution in [0.25, 0.3) is 0 Å². The lowest BCUT2D eigenvalue weighted by molar-refractivity contribution is -0.136. The predicted molar refractivity (Wildman–Crippen MR) is 187 cm³/mol. The van der Waals surface area contributed by atoms with Gasteiger partial charge >= 0.3 is 0 Å². The van der Waals surface area contributed by atoms with E-state index in [-0.39, 0.29) is 46.7 Å². The number of imide groups is 1. The summed E-state index contributed by atoms with van der Waals surface area (Å²) in [4.78, 5) is 70.7. The molecule has 2 aromatic carbocycles. The number of hydrogen-bond acceptors (Lipinski definition) is 9. The van der Waals surface area contributed by atoms with Gasteiger partial charge in [-0.25, -0.2) is 4.68 Å². The van der Waals surface area contributed by atoms with Crippen molar-refractivity contribution in [1.29, 1.82) is 0 Å². The number of aromatic nitrogens is 2. The van der Waals surface area contributed by atoms with Crippen molar-refractivity contribution in [3.63, 3.8) is 0 Å². The number of piperazine rings is 1. The summed E-state index contributed by atoms with van der Waals surface area (Å²) in [6.45, 7) is 5.45. The van der Waals surface area contributed by atoms with Crippen LogP contribution in [0.4, 0.5) is 5.69 Å². The van der Waals surface area contributed by atoms with Crippen LogP contribution in [0.1, 0.15) is 62.6 Å². The maximum absolute atomic E-state index is 13.5. The second-order valence-corrected chi connectivity index (χ2v) is 14.3. The highest BCUT2D eigenvalue weighted by Gasteiger charge is 2.39. The monoisotopic (exact) mass is 700 g/mol. The number of amides is 4. The molecule has 13 nitrogen and oxygen atoms in total. The van der Waals surface area contributed by atoms with Gasteiger partial charge in [-0.15, -0.1) is 0 Å².